The molecule has 1 aliphatic carbocycles. The zero-order chi connectivity index (χ0) is 12.8. The fourth-order valence-electron chi connectivity index (χ4n) is 3.16. The van der Waals surface area contributed by atoms with E-state index in [4.69, 9.17) is 10.5 Å². The number of nitrogens with zero attached hydrogens (tertiary/aromatic N) is 1. The standard InChI is InChI=1S/C13H24N2O2/c1-12(2,3)17-11(16)15-7-9-5-13(4,14)6-10(9)8-15/h9-10H,5-8,14H2,1-4H3/t9-,10+,13+. The van der Waals surface area contributed by atoms with E-state index in [1.807, 2.05) is 25.7 Å². The number of rotatable bonds is 0. The van der Waals surface area contributed by atoms with Gasteiger partial charge in [0, 0.05) is 18.6 Å². The van der Waals surface area contributed by atoms with Crippen LogP contribution in [0.3, 0.4) is 0 Å². The van der Waals surface area contributed by atoms with Crippen molar-refractivity contribution in [1.29, 1.82) is 0 Å². The van der Waals surface area contributed by atoms with Gasteiger partial charge in [-0.1, -0.05) is 0 Å². The first-order chi connectivity index (χ1) is 7.66. The average molecular weight is 240 g/mol. The van der Waals surface area contributed by atoms with Gasteiger partial charge < -0.3 is 15.4 Å². The summed E-state index contributed by atoms with van der Waals surface area (Å²) in [6, 6.07) is 0. The van der Waals surface area contributed by atoms with Crippen LogP contribution in [-0.4, -0.2) is 35.2 Å². The number of amides is 1. The Morgan fingerprint density at radius 2 is 1.76 bits per heavy atom. The van der Waals surface area contributed by atoms with Gasteiger partial charge in [0.15, 0.2) is 0 Å². The monoisotopic (exact) mass is 240 g/mol. The van der Waals surface area contributed by atoms with E-state index >= 15 is 0 Å². The number of carbonyl (C=O) groups is 1. The van der Waals surface area contributed by atoms with E-state index in [9.17, 15) is 4.79 Å². The van der Waals surface area contributed by atoms with E-state index in [1.54, 1.807) is 0 Å². The fraction of sp³-hybridized carbons (Fsp3) is 0.923. The van der Waals surface area contributed by atoms with Crippen molar-refractivity contribution in [2.24, 2.45) is 17.6 Å². The third kappa shape index (κ3) is 2.92. The van der Waals surface area contributed by atoms with Crippen molar-refractivity contribution in [1.82, 2.24) is 4.90 Å². The predicted octanol–water partition coefficient (Wildman–Crippen LogP) is 1.98. The van der Waals surface area contributed by atoms with Crippen LogP contribution in [0.4, 0.5) is 4.79 Å². The smallest absolute Gasteiger partial charge is 0.410 e. The number of ether oxygens (including phenoxy) is 1. The molecule has 17 heavy (non-hydrogen) atoms. The summed E-state index contributed by atoms with van der Waals surface area (Å²) in [4.78, 5) is 13.8. The molecule has 0 bridgehead atoms. The summed E-state index contributed by atoms with van der Waals surface area (Å²) in [6.45, 7) is 9.44. The lowest BCUT2D eigenvalue weighted by Gasteiger charge is -2.26. The fourth-order valence-corrected chi connectivity index (χ4v) is 3.16. The van der Waals surface area contributed by atoms with Crippen molar-refractivity contribution < 1.29 is 9.53 Å². The average Bonchev–Trinajstić information content (AvgIpc) is 2.53. The minimum atomic E-state index is -0.406. The summed E-state index contributed by atoms with van der Waals surface area (Å²) >= 11 is 0. The summed E-state index contributed by atoms with van der Waals surface area (Å²) in [5.41, 5.74) is 5.72. The molecule has 0 aromatic carbocycles. The highest BCUT2D eigenvalue weighted by molar-refractivity contribution is 5.68. The van der Waals surface area contributed by atoms with Crippen LogP contribution >= 0.6 is 0 Å². The van der Waals surface area contributed by atoms with Crippen LogP contribution in [0.25, 0.3) is 0 Å². The molecule has 1 saturated heterocycles. The molecule has 0 aromatic heterocycles. The second-order valence-electron chi connectivity index (χ2n) is 6.97. The minimum absolute atomic E-state index is 0.0324. The quantitative estimate of drug-likeness (QED) is 0.704. The SMILES string of the molecule is CC(C)(C)OC(=O)N1C[C@@H]2C[C@@](C)(N)C[C@@H]2C1. The van der Waals surface area contributed by atoms with E-state index < -0.39 is 5.60 Å². The van der Waals surface area contributed by atoms with Crippen LogP contribution < -0.4 is 5.73 Å². The lowest BCUT2D eigenvalue weighted by atomic mass is 10.00. The van der Waals surface area contributed by atoms with Gasteiger partial charge in [0.25, 0.3) is 0 Å². The maximum atomic E-state index is 11.9. The highest BCUT2D eigenvalue weighted by Crippen LogP contribution is 2.42. The molecule has 2 fully saturated rings. The Hall–Kier alpha value is -0.770. The molecule has 1 saturated carbocycles. The molecule has 2 rings (SSSR count). The molecule has 1 heterocycles. The van der Waals surface area contributed by atoms with Crippen LogP contribution in [0.2, 0.25) is 0 Å². The summed E-state index contributed by atoms with van der Waals surface area (Å²) in [7, 11) is 0. The van der Waals surface area contributed by atoms with E-state index in [0.29, 0.717) is 11.8 Å². The van der Waals surface area contributed by atoms with Gasteiger partial charge in [-0.15, -0.1) is 0 Å². The summed E-state index contributed by atoms with van der Waals surface area (Å²) < 4.78 is 5.39. The summed E-state index contributed by atoms with van der Waals surface area (Å²) in [6.07, 6.45) is 1.87. The van der Waals surface area contributed by atoms with Crippen LogP contribution in [0.15, 0.2) is 0 Å². The molecule has 0 unspecified atom stereocenters. The molecule has 2 N–H and O–H groups in total. The predicted molar refractivity (Wildman–Crippen MR) is 66.6 cm³/mol. The first-order valence-corrected chi connectivity index (χ1v) is 6.43. The van der Waals surface area contributed by atoms with Crippen molar-refractivity contribution >= 4 is 6.09 Å². The van der Waals surface area contributed by atoms with Gasteiger partial charge in [-0.25, -0.2) is 4.79 Å². The summed E-state index contributed by atoms with van der Waals surface area (Å²) in [5.74, 6) is 1.13. The Labute approximate surface area is 103 Å². The van der Waals surface area contributed by atoms with E-state index in [1.165, 1.54) is 0 Å². The van der Waals surface area contributed by atoms with Crippen molar-refractivity contribution in [3.8, 4) is 0 Å². The Bertz CT molecular complexity index is 304. The number of likely N-dealkylation sites (tertiary alicyclic amines) is 1. The maximum Gasteiger partial charge on any atom is 0.410 e. The van der Waals surface area contributed by atoms with Gasteiger partial charge in [0.05, 0.1) is 0 Å². The van der Waals surface area contributed by atoms with Crippen molar-refractivity contribution in [2.75, 3.05) is 13.1 Å². The van der Waals surface area contributed by atoms with Crippen molar-refractivity contribution in [3.05, 3.63) is 0 Å². The minimum Gasteiger partial charge on any atom is -0.444 e. The Kier molecular flexibility index (Phi) is 2.89. The second-order valence-corrected chi connectivity index (χ2v) is 6.97. The topological polar surface area (TPSA) is 55.6 Å². The van der Waals surface area contributed by atoms with Gasteiger partial charge in [0.1, 0.15) is 5.60 Å². The Morgan fingerprint density at radius 1 is 1.29 bits per heavy atom. The number of carbonyl (C=O) groups excluding carboxylic acids is 1. The maximum absolute atomic E-state index is 11.9. The third-order valence-corrected chi connectivity index (χ3v) is 3.69. The van der Waals surface area contributed by atoms with Crippen LogP contribution in [0.1, 0.15) is 40.5 Å². The molecule has 1 aliphatic heterocycles. The van der Waals surface area contributed by atoms with Crippen molar-refractivity contribution in [2.45, 2.75) is 51.7 Å². The van der Waals surface area contributed by atoms with Crippen molar-refractivity contribution in [3.63, 3.8) is 0 Å². The molecule has 98 valence electrons. The highest BCUT2D eigenvalue weighted by Gasteiger charge is 2.46. The molecule has 4 heteroatoms. The van der Waals surface area contributed by atoms with Gasteiger partial charge >= 0.3 is 6.09 Å². The van der Waals surface area contributed by atoms with E-state index in [0.717, 1.165) is 25.9 Å². The second kappa shape index (κ2) is 3.87. The summed E-state index contributed by atoms with van der Waals surface area (Å²) in [5, 5.41) is 0. The molecule has 3 atom stereocenters. The number of fused-ring (bicyclic) bond motifs is 1. The molecule has 4 nitrogen and oxygen atoms in total. The van der Waals surface area contributed by atoms with Crippen LogP contribution in [0.5, 0.6) is 0 Å². The van der Waals surface area contributed by atoms with Gasteiger partial charge in [-0.3, -0.25) is 0 Å². The largest absolute Gasteiger partial charge is 0.444 e. The molecular formula is C13H24N2O2. The molecule has 0 aromatic rings. The molecule has 2 aliphatic rings. The van der Waals surface area contributed by atoms with Gasteiger partial charge in [-0.05, 0) is 52.4 Å². The van der Waals surface area contributed by atoms with Gasteiger partial charge in [-0.2, -0.15) is 0 Å². The third-order valence-electron chi connectivity index (χ3n) is 3.69. The molecule has 0 radical (unpaired) electrons. The number of nitrogens with two attached hydrogens (primary N) is 1. The molecular weight excluding hydrogens is 216 g/mol. The van der Waals surface area contributed by atoms with Crippen LogP contribution in [-0.2, 0) is 4.74 Å². The number of hydrogen-bond acceptors (Lipinski definition) is 3. The lowest BCUT2D eigenvalue weighted by molar-refractivity contribution is 0.0276. The highest BCUT2D eigenvalue weighted by atomic mass is 16.6. The Morgan fingerprint density at radius 3 is 2.18 bits per heavy atom. The normalized spacial score (nSPS) is 37.1. The van der Waals surface area contributed by atoms with E-state index in [2.05, 4.69) is 6.92 Å². The van der Waals surface area contributed by atoms with E-state index in [-0.39, 0.29) is 11.6 Å². The van der Waals surface area contributed by atoms with Gasteiger partial charge in [0.2, 0.25) is 0 Å². The molecule has 1 amide bonds. The number of hydrogen-bond donors (Lipinski definition) is 1. The Balaban J connectivity index is 1.91. The van der Waals surface area contributed by atoms with Crippen LogP contribution in [0, 0.1) is 11.8 Å². The first-order valence-electron chi connectivity index (χ1n) is 6.43. The lowest BCUT2D eigenvalue weighted by Crippen LogP contribution is -2.39. The zero-order valence-electron chi connectivity index (χ0n) is 11.3. The molecule has 0 spiro atoms. The first kappa shape index (κ1) is 12.7. The zero-order valence-corrected chi connectivity index (χ0v) is 11.3.